The lowest BCUT2D eigenvalue weighted by atomic mass is 9.85. The van der Waals surface area contributed by atoms with E-state index in [9.17, 15) is 18.0 Å². The highest BCUT2D eigenvalue weighted by Gasteiger charge is 2.38. The maximum absolute atomic E-state index is 13.8. The lowest BCUT2D eigenvalue weighted by molar-refractivity contribution is -0.160. The van der Waals surface area contributed by atoms with Gasteiger partial charge in [0.15, 0.2) is 0 Å². The molecule has 0 unspecified atom stereocenters. The van der Waals surface area contributed by atoms with Crippen molar-refractivity contribution in [1.29, 1.82) is 0 Å². The van der Waals surface area contributed by atoms with Crippen LogP contribution >= 0.6 is 0 Å². The Balaban J connectivity index is 2.16. The number of benzene rings is 3. The standard InChI is InChI=1S/C27H24F3NO3/c1-15-14-16-8-5-6-9-17(16)22(21(15)24(25(32)33)34-26(2,3)4)19-11-12-20(27(28,29)30)18-10-7-13-31-23(18)19/h5-14,24H,1-4H3,(H,32,33)/p+1/t24-/m0/s1. The molecule has 3 aromatic carbocycles. The van der Waals surface area contributed by atoms with Crippen molar-refractivity contribution in [3.05, 3.63) is 77.5 Å². The fraction of sp³-hybridized carbons (Fsp3) is 0.259. The molecular weight excluding hydrogens is 443 g/mol. The molecule has 0 saturated heterocycles. The van der Waals surface area contributed by atoms with E-state index in [1.807, 2.05) is 37.3 Å². The first-order chi connectivity index (χ1) is 15.9. The first-order valence-electron chi connectivity index (χ1n) is 10.8. The van der Waals surface area contributed by atoms with Crippen LogP contribution in [0.25, 0.3) is 32.8 Å². The van der Waals surface area contributed by atoms with Crippen LogP contribution in [0.15, 0.2) is 60.8 Å². The molecule has 4 rings (SSSR count). The highest BCUT2D eigenvalue weighted by atomic mass is 19.4. The summed E-state index contributed by atoms with van der Waals surface area (Å²) < 4.78 is 47.3. The van der Waals surface area contributed by atoms with Crippen LogP contribution in [0.5, 0.6) is 0 Å². The second kappa shape index (κ2) is 8.40. The number of pyridine rings is 1. The minimum absolute atomic E-state index is 0.0328. The minimum atomic E-state index is -4.55. The largest absolute Gasteiger partial charge is 0.562 e. The molecule has 2 N–H and O–H groups in total. The second-order valence-corrected chi connectivity index (χ2v) is 9.24. The zero-order valence-corrected chi connectivity index (χ0v) is 19.2. The number of carbonyl (C=O) groups excluding carboxylic acids is 1. The van der Waals surface area contributed by atoms with Crippen LogP contribution in [0.4, 0.5) is 13.2 Å². The maximum Gasteiger partial charge on any atom is 0.549 e. The van der Waals surface area contributed by atoms with Gasteiger partial charge in [-0.05, 0) is 61.7 Å². The molecule has 4 aromatic rings. The Morgan fingerprint density at radius 3 is 2.32 bits per heavy atom. The van der Waals surface area contributed by atoms with Crippen molar-refractivity contribution >= 4 is 27.6 Å². The summed E-state index contributed by atoms with van der Waals surface area (Å²) in [5, 5.41) is 9.53. The Labute approximate surface area is 195 Å². The number of ether oxygens (including phenoxy) is 1. The average Bonchev–Trinajstić information content (AvgIpc) is 2.74. The van der Waals surface area contributed by atoms with Gasteiger partial charge in [0.1, 0.15) is 0 Å². The van der Waals surface area contributed by atoms with Crippen molar-refractivity contribution in [2.24, 2.45) is 0 Å². The van der Waals surface area contributed by atoms with Gasteiger partial charge in [0.05, 0.1) is 16.7 Å². The quantitative estimate of drug-likeness (QED) is 0.322. The Bertz CT molecular complexity index is 1400. The summed E-state index contributed by atoms with van der Waals surface area (Å²) in [5.74, 6) is -0.932. The monoisotopic (exact) mass is 468 g/mol. The number of halogens is 3. The van der Waals surface area contributed by atoms with E-state index in [2.05, 4.69) is 4.98 Å². The van der Waals surface area contributed by atoms with Crippen LogP contribution in [0, 0.1) is 6.92 Å². The zero-order chi connectivity index (χ0) is 24.8. The Kier molecular flexibility index (Phi) is 5.85. The number of nitrogens with zero attached hydrogens (tertiary/aromatic N) is 1. The molecule has 0 amide bonds. The van der Waals surface area contributed by atoms with E-state index in [-0.39, 0.29) is 10.9 Å². The van der Waals surface area contributed by atoms with Crippen LogP contribution in [0.2, 0.25) is 0 Å². The van der Waals surface area contributed by atoms with Crippen LogP contribution in [-0.2, 0) is 15.7 Å². The molecule has 0 radical (unpaired) electrons. The summed E-state index contributed by atoms with van der Waals surface area (Å²) in [6, 6.07) is 14.6. The molecule has 0 fully saturated rings. The van der Waals surface area contributed by atoms with Crippen LogP contribution in [-0.4, -0.2) is 21.7 Å². The van der Waals surface area contributed by atoms with Crippen molar-refractivity contribution < 1.29 is 27.8 Å². The molecule has 0 bridgehead atoms. The topological polar surface area (TPSA) is 62.1 Å². The molecule has 0 aliphatic rings. The summed E-state index contributed by atoms with van der Waals surface area (Å²) in [7, 11) is 0. The molecule has 34 heavy (non-hydrogen) atoms. The Hall–Kier alpha value is -3.45. The summed E-state index contributed by atoms with van der Waals surface area (Å²) in [4.78, 5) is 16.8. The lowest BCUT2D eigenvalue weighted by Crippen LogP contribution is -2.28. The van der Waals surface area contributed by atoms with Crippen molar-refractivity contribution in [3.8, 4) is 11.1 Å². The molecule has 0 saturated carbocycles. The van der Waals surface area contributed by atoms with E-state index in [4.69, 9.17) is 9.84 Å². The first-order valence-corrected chi connectivity index (χ1v) is 10.8. The third-order valence-corrected chi connectivity index (χ3v) is 5.61. The number of hydrogen-bond donors (Lipinski definition) is 0. The lowest BCUT2D eigenvalue weighted by Gasteiger charge is -2.27. The smallest absolute Gasteiger partial charge is 0.549 e. The summed E-state index contributed by atoms with van der Waals surface area (Å²) in [6.45, 7) is 7.17. The van der Waals surface area contributed by atoms with Gasteiger partial charge in [-0.1, -0.05) is 42.5 Å². The van der Waals surface area contributed by atoms with Crippen LogP contribution in [0.3, 0.4) is 0 Å². The minimum Gasteiger partial charge on any atom is -0.562 e. The van der Waals surface area contributed by atoms with Gasteiger partial charge in [-0.15, -0.1) is 0 Å². The van der Waals surface area contributed by atoms with Gasteiger partial charge in [-0.3, -0.25) is 4.98 Å². The summed E-state index contributed by atoms with van der Waals surface area (Å²) >= 11 is 0. The van der Waals surface area contributed by atoms with E-state index in [0.29, 0.717) is 22.3 Å². The maximum atomic E-state index is 13.8. The summed E-state index contributed by atoms with van der Waals surface area (Å²) in [6.07, 6.45) is -4.32. The molecule has 1 atom stereocenters. The number of alkyl halides is 3. The Morgan fingerprint density at radius 1 is 1.00 bits per heavy atom. The third kappa shape index (κ3) is 4.35. The predicted molar refractivity (Wildman–Crippen MR) is 127 cm³/mol. The fourth-order valence-corrected chi connectivity index (χ4v) is 4.35. The third-order valence-electron chi connectivity index (χ3n) is 5.61. The molecule has 0 spiro atoms. The molecule has 0 aliphatic heterocycles. The van der Waals surface area contributed by atoms with Crippen molar-refractivity contribution in [1.82, 2.24) is 4.98 Å². The molecule has 7 heteroatoms. The van der Waals surface area contributed by atoms with E-state index in [1.165, 1.54) is 24.4 Å². The van der Waals surface area contributed by atoms with Gasteiger partial charge in [-0.2, -0.15) is 13.2 Å². The summed E-state index contributed by atoms with van der Waals surface area (Å²) in [5.41, 5.74) is 0.799. The Morgan fingerprint density at radius 2 is 1.68 bits per heavy atom. The van der Waals surface area contributed by atoms with Crippen molar-refractivity contribution in [2.75, 3.05) is 0 Å². The molecule has 0 aliphatic carbocycles. The highest BCUT2D eigenvalue weighted by molar-refractivity contribution is 6.07. The molecule has 176 valence electrons. The van der Waals surface area contributed by atoms with E-state index in [0.717, 1.165) is 16.8 Å². The molecule has 1 heterocycles. The van der Waals surface area contributed by atoms with Gasteiger partial charge in [0, 0.05) is 27.5 Å². The van der Waals surface area contributed by atoms with Gasteiger partial charge < -0.3 is 9.84 Å². The van der Waals surface area contributed by atoms with Gasteiger partial charge in [-0.25, -0.2) is 0 Å². The highest BCUT2D eigenvalue weighted by Crippen LogP contribution is 2.44. The number of aryl methyl sites for hydroxylation is 1. The normalized spacial score (nSPS) is 13.4. The second-order valence-electron chi connectivity index (χ2n) is 9.24. The first kappa shape index (κ1) is 23.7. The number of rotatable bonds is 4. The molecule has 4 nitrogen and oxygen atoms in total. The molecule has 1 aromatic heterocycles. The fourth-order valence-electron chi connectivity index (χ4n) is 4.35. The average molecular weight is 468 g/mol. The van der Waals surface area contributed by atoms with E-state index in [1.54, 1.807) is 20.8 Å². The zero-order valence-electron chi connectivity index (χ0n) is 19.2. The number of aromatic nitrogens is 1. The van der Waals surface area contributed by atoms with Crippen molar-refractivity contribution in [3.63, 3.8) is 0 Å². The SMILES string of the molecule is Cc1cc2ccccc2c(-c2ccc(C(F)(F)F)c3cccnc23)c1[C@H](OC(C)(C)C)C(=O)[OH2+]. The van der Waals surface area contributed by atoms with Gasteiger partial charge >= 0.3 is 12.1 Å². The van der Waals surface area contributed by atoms with Crippen LogP contribution < -0.4 is 0 Å². The van der Waals surface area contributed by atoms with Crippen LogP contribution in [0.1, 0.15) is 43.6 Å². The van der Waals surface area contributed by atoms with Gasteiger partial charge in [0.2, 0.25) is 6.10 Å². The molecular formula is C27H25F3NO3+. The number of carbonyl (C=O) groups is 1. The van der Waals surface area contributed by atoms with E-state index < -0.39 is 29.4 Å². The number of fused-ring (bicyclic) bond motifs is 2. The van der Waals surface area contributed by atoms with Gasteiger partial charge in [0.25, 0.3) is 0 Å². The number of hydrogen-bond acceptors (Lipinski definition) is 3. The van der Waals surface area contributed by atoms with Crippen molar-refractivity contribution in [2.45, 2.75) is 45.6 Å². The van der Waals surface area contributed by atoms with E-state index >= 15 is 0 Å². The predicted octanol–water partition coefficient (Wildman–Crippen LogP) is 6.49.